The Balaban J connectivity index is 4.51. The van der Waals surface area contributed by atoms with E-state index in [0.717, 1.165) is 116 Å². The first-order valence-corrected chi connectivity index (χ1v) is 23.2. The Kier molecular flexibility index (Phi) is 43.1. The molecular formula is C52H84O6. The van der Waals surface area contributed by atoms with E-state index >= 15 is 0 Å². The van der Waals surface area contributed by atoms with E-state index in [1.807, 2.05) is 0 Å². The van der Waals surface area contributed by atoms with Crippen molar-refractivity contribution in [1.29, 1.82) is 0 Å². The Morgan fingerprint density at radius 3 is 1.12 bits per heavy atom. The van der Waals surface area contributed by atoms with Gasteiger partial charge in [0.05, 0.1) is 0 Å². The average Bonchev–Trinajstić information content (AvgIpc) is 3.22. The summed E-state index contributed by atoms with van der Waals surface area (Å²) in [4.78, 5) is 37.8. The van der Waals surface area contributed by atoms with Gasteiger partial charge in [0.15, 0.2) is 6.10 Å². The lowest BCUT2D eigenvalue weighted by Crippen LogP contribution is -2.30. The van der Waals surface area contributed by atoms with Crippen molar-refractivity contribution < 1.29 is 28.6 Å². The van der Waals surface area contributed by atoms with Crippen LogP contribution in [0.15, 0.2) is 97.2 Å². The normalized spacial score (nSPS) is 12.9. The van der Waals surface area contributed by atoms with Gasteiger partial charge < -0.3 is 14.2 Å². The predicted octanol–water partition coefficient (Wildman–Crippen LogP) is 15.0. The summed E-state index contributed by atoms with van der Waals surface area (Å²) in [6.07, 6.45) is 59.6. The van der Waals surface area contributed by atoms with Crippen LogP contribution >= 0.6 is 0 Å². The highest BCUT2D eigenvalue weighted by Crippen LogP contribution is 2.12. The molecule has 0 aromatic rings. The number of hydrogen-bond donors (Lipinski definition) is 0. The van der Waals surface area contributed by atoms with E-state index < -0.39 is 6.10 Å². The van der Waals surface area contributed by atoms with E-state index in [4.69, 9.17) is 14.2 Å². The minimum Gasteiger partial charge on any atom is -0.462 e. The van der Waals surface area contributed by atoms with Crippen LogP contribution < -0.4 is 0 Å². The minimum atomic E-state index is -0.813. The van der Waals surface area contributed by atoms with Crippen LogP contribution in [0.3, 0.4) is 0 Å². The largest absolute Gasteiger partial charge is 0.462 e. The lowest BCUT2D eigenvalue weighted by Gasteiger charge is -2.18. The molecule has 1 unspecified atom stereocenters. The molecule has 0 aromatic heterocycles. The van der Waals surface area contributed by atoms with Crippen molar-refractivity contribution in [2.45, 2.75) is 200 Å². The van der Waals surface area contributed by atoms with Gasteiger partial charge in [-0.25, -0.2) is 0 Å². The van der Waals surface area contributed by atoms with E-state index in [0.29, 0.717) is 19.3 Å². The first-order valence-electron chi connectivity index (χ1n) is 23.2. The summed E-state index contributed by atoms with van der Waals surface area (Å²) in [7, 11) is 0. The quantitative estimate of drug-likeness (QED) is 0.0266. The molecule has 0 aliphatic rings. The van der Waals surface area contributed by atoms with Gasteiger partial charge in [0, 0.05) is 19.3 Å². The van der Waals surface area contributed by atoms with Crippen molar-refractivity contribution in [2.75, 3.05) is 13.2 Å². The number of rotatable bonds is 40. The molecule has 0 N–H and O–H groups in total. The number of carbonyl (C=O) groups is 3. The average molecular weight is 805 g/mol. The number of unbranched alkanes of at least 4 members (excludes halogenated alkanes) is 13. The molecule has 0 amide bonds. The van der Waals surface area contributed by atoms with Crippen LogP contribution in [0, 0.1) is 0 Å². The van der Waals surface area contributed by atoms with E-state index in [9.17, 15) is 14.4 Å². The summed E-state index contributed by atoms with van der Waals surface area (Å²) in [5, 5.41) is 0. The van der Waals surface area contributed by atoms with Crippen molar-refractivity contribution in [3.63, 3.8) is 0 Å². The first-order chi connectivity index (χ1) is 28.5. The molecule has 1 atom stereocenters. The lowest BCUT2D eigenvalue weighted by molar-refractivity contribution is -0.167. The summed E-state index contributed by atoms with van der Waals surface area (Å²) in [5.41, 5.74) is 0. The van der Waals surface area contributed by atoms with Gasteiger partial charge in [0.1, 0.15) is 13.2 Å². The second-order valence-electron chi connectivity index (χ2n) is 14.9. The number of allylic oxidation sites excluding steroid dienone is 16. The molecule has 0 saturated carbocycles. The molecule has 6 nitrogen and oxygen atoms in total. The van der Waals surface area contributed by atoms with Crippen LogP contribution in [0.5, 0.6) is 0 Å². The second-order valence-corrected chi connectivity index (χ2v) is 14.9. The van der Waals surface area contributed by atoms with Gasteiger partial charge in [-0.05, 0) is 116 Å². The van der Waals surface area contributed by atoms with Crippen LogP contribution in [-0.4, -0.2) is 37.2 Å². The summed E-state index contributed by atoms with van der Waals surface area (Å²) in [5.74, 6) is -1.000. The summed E-state index contributed by atoms with van der Waals surface area (Å²) in [6, 6.07) is 0. The third kappa shape index (κ3) is 43.5. The summed E-state index contributed by atoms with van der Waals surface area (Å²) in [6.45, 7) is 6.28. The maximum atomic E-state index is 12.7. The van der Waals surface area contributed by atoms with Gasteiger partial charge in [-0.15, -0.1) is 0 Å². The molecule has 328 valence electrons. The van der Waals surface area contributed by atoms with Crippen molar-refractivity contribution >= 4 is 17.9 Å². The van der Waals surface area contributed by atoms with Gasteiger partial charge >= 0.3 is 17.9 Å². The fourth-order valence-corrected chi connectivity index (χ4v) is 5.85. The zero-order valence-corrected chi connectivity index (χ0v) is 37.3. The van der Waals surface area contributed by atoms with Gasteiger partial charge in [-0.3, -0.25) is 14.4 Å². The molecular weight excluding hydrogens is 721 g/mol. The molecule has 0 aromatic carbocycles. The van der Waals surface area contributed by atoms with E-state index in [-0.39, 0.29) is 37.5 Å². The summed E-state index contributed by atoms with van der Waals surface area (Å²) < 4.78 is 16.6. The SMILES string of the molecule is CC/C=C\C/C=C\C/C=C\C/C=C\CCCCCC(=O)OCC(COC(=O)CCCCCCC/C=C\CCCCC)OC(=O)CCCC/C=C\C/C=C\C/C=C\CC. The van der Waals surface area contributed by atoms with Crippen LogP contribution in [0.4, 0.5) is 0 Å². The van der Waals surface area contributed by atoms with Gasteiger partial charge in [-0.1, -0.05) is 157 Å². The Morgan fingerprint density at radius 1 is 0.362 bits per heavy atom. The molecule has 0 saturated heterocycles. The van der Waals surface area contributed by atoms with E-state index in [2.05, 4.69) is 118 Å². The molecule has 0 rings (SSSR count). The standard InChI is InChI=1S/C52H84O6/c1-4-7-10-13-16-19-22-25-26-27-28-31-33-36-39-42-45-51(54)57-48-49(58-52(55)46-43-40-37-34-30-24-21-18-15-12-9-6-3)47-56-50(53)44-41-38-35-32-29-23-20-17-14-11-8-5-2/h7,9-10,12,16-21,25-26,28,30-31,34,49H,4-6,8,11,13-15,22-24,27,29,32-33,35-48H2,1-3H3/b10-7-,12-9-,19-16-,20-17-,21-18-,26-25-,31-28-,34-30-. The lowest BCUT2D eigenvalue weighted by atomic mass is 10.1. The maximum absolute atomic E-state index is 12.7. The number of carbonyl (C=O) groups excluding carboxylic acids is 3. The Labute approximate surface area is 356 Å². The monoisotopic (exact) mass is 805 g/mol. The van der Waals surface area contributed by atoms with Gasteiger partial charge in [-0.2, -0.15) is 0 Å². The van der Waals surface area contributed by atoms with Gasteiger partial charge in [0.25, 0.3) is 0 Å². The maximum Gasteiger partial charge on any atom is 0.306 e. The Bertz CT molecular complexity index is 1200. The predicted molar refractivity (Wildman–Crippen MR) is 247 cm³/mol. The zero-order valence-electron chi connectivity index (χ0n) is 37.3. The third-order valence-corrected chi connectivity index (χ3v) is 9.30. The Morgan fingerprint density at radius 2 is 0.672 bits per heavy atom. The number of esters is 3. The molecule has 0 fully saturated rings. The molecule has 58 heavy (non-hydrogen) atoms. The van der Waals surface area contributed by atoms with Crippen molar-refractivity contribution in [2.24, 2.45) is 0 Å². The molecule has 0 bridgehead atoms. The Hall–Kier alpha value is -3.67. The number of ether oxygens (including phenoxy) is 3. The smallest absolute Gasteiger partial charge is 0.306 e. The molecule has 0 aliphatic heterocycles. The highest BCUT2D eigenvalue weighted by molar-refractivity contribution is 5.71. The topological polar surface area (TPSA) is 78.9 Å². The van der Waals surface area contributed by atoms with Crippen molar-refractivity contribution in [3.05, 3.63) is 97.2 Å². The molecule has 0 heterocycles. The third-order valence-electron chi connectivity index (χ3n) is 9.30. The summed E-state index contributed by atoms with van der Waals surface area (Å²) >= 11 is 0. The van der Waals surface area contributed by atoms with Gasteiger partial charge in [0.2, 0.25) is 0 Å². The second kappa shape index (κ2) is 46.0. The van der Waals surface area contributed by atoms with Crippen molar-refractivity contribution in [3.8, 4) is 0 Å². The molecule has 0 spiro atoms. The van der Waals surface area contributed by atoms with Crippen LogP contribution in [0.25, 0.3) is 0 Å². The molecule has 6 heteroatoms. The van der Waals surface area contributed by atoms with Crippen LogP contribution in [0.2, 0.25) is 0 Å². The fraction of sp³-hybridized carbons (Fsp3) is 0.635. The zero-order chi connectivity index (χ0) is 42.3. The van der Waals surface area contributed by atoms with E-state index in [1.54, 1.807) is 0 Å². The number of hydrogen-bond acceptors (Lipinski definition) is 6. The van der Waals surface area contributed by atoms with E-state index in [1.165, 1.54) is 32.1 Å². The fourth-order valence-electron chi connectivity index (χ4n) is 5.85. The molecule has 0 aliphatic carbocycles. The minimum absolute atomic E-state index is 0.109. The highest BCUT2D eigenvalue weighted by Gasteiger charge is 2.19. The van der Waals surface area contributed by atoms with Crippen LogP contribution in [-0.2, 0) is 28.6 Å². The van der Waals surface area contributed by atoms with Crippen molar-refractivity contribution in [1.82, 2.24) is 0 Å². The molecule has 0 radical (unpaired) electrons. The van der Waals surface area contributed by atoms with Crippen LogP contribution in [0.1, 0.15) is 194 Å². The highest BCUT2D eigenvalue weighted by atomic mass is 16.6. The first kappa shape index (κ1) is 54.3.